The molecule has 1 aromatic carbocycles. The lowest BCUT2D eigenvalue weighted by molar-refractivity contribution is 0.558. The van der Waals surface area contributed by atoms with E-state index in [1.165, 1.54) is 0 Å². The van der Waals surface area contributed by atoms with Gasteiger partial charge in [0.1, 0.15) is 6.33 Å². The number of nitrogens with zero attached hydrogens (tertiary/aromatic N) is 8. The van der Waals surface area contributed by atoms with Crippen molar-refractivity contribution in [3.05, 3.63) is 35.9 Å². The molecule has 0 saturated heterocycles. The van der Waals surface area contributed by atoms with Crippen molar-refractivity contribution in [2.45, 2.75) is 33.4 Å². The highest BCUT2D eigenvalue weighted by molar-refractivity contribution is 5.53. The number of tetrazole rings is 2. The largest absolute Gasteiger partial charge is 0.378 e. The van der Waals surface area contributed by atoms with Gasteiger partial charge in [0.15, 0.2) is 5.82 Å². The molecule has 1 N–H and O–H groups in total. The molecule has 3 aromatic rings. The summed E-state index contributed by atoms with van der Waals surface area (Å²) in [6, 6.07) is 6.01. The Labute approximate surface area is 127 Å². The number of rotatable bonds is 6. The van der Waals surface area contributed by atoms with Gasteiger partial charge in [0.2, 0.25) is 0 Å². The van der Waals surface area contributed by atoms with Crippen LogP contribution >= 0.6 is 0 Å². The zero-order chi connectivity index (χ0) is 15.4. The molecule has 0 spiro atoms. The molecule has 0 radical (unpaired) electrons. The summed E-state index contributed by atoms with van der Waals surface area (Å²) < 4.78 is 3.45. The summed E-state index contributed by atoms with van der Waals surface area (Å²) in [5.74, 6) is 0.823. The molecule has 0 saturated carbocycles. The second-order valence-corrected chi connectivity index (χ2v) is 4.93. The normalized spacial score (nSPS) is 10.8. The summed E-state index contributed by atoms with van der Waals surface area (Å²) in [6.07, 6.45) is 2.58. The van der Waals surface area contributed by atoms with E-state index in [2.05, 4.69) is 43.3 Å². The third-order valence-corrected chi connectivity index (χ3v) is 3.28. The van der Waals surface area contributed by atoms with Crippen LogP contribution in [0.3, 0.4) is 0 Å². The number of anilines is 1. The van der Waals surface area contributed by atoms with Gasteiger partial charge in [-0.05, 0) is 58.0 Å². The molecule has 3 rings (SSSR count). The van der Waals surface area contributed by atoms with Gasteiger partial charge < -0.3 is 5.32 Å². The molecule has 0 bridgehead atoms. The third kappa shape index (κ3) is 2.92. The first-order valence-corrected chi connectivity index (χ1v) is 7.11. The van der Waals surface area contributed by atoms with Crippen LogP contribution in [-0.2, 0) is 13.1 Å². The van der Waals surface area contributed by atoms with Gasteiger partial charge in [-0.25, -0.2) is 9.36 Å². The Morgan fingerprint density at radius 1 is 1.18 bits per heavy atom. The van der Waals surface area contributed by atoms with E-state index < -0.39 is 0 Å². The molecule has 0 aliphatic rings. The monoisotopic (exact) mass is 299 g/mol. The number of nitrogens with one attached hydrogen (secondary N) is 1. The van der Waals surface area contributed by atoms with Gasteiger partial charge in [-0.2, -0.15) is 0 Å². The van der Waals surface area contributed by atoms with Gasteiger partial charge in [-0.15, -0.1) is 10.2 Å². The number of benzene rings is 1. The maximum absolute atomic E-state index is 4.04. The molecule has 9 nitrogen and oxygen atoms in total. The minimum atomic E-state index is 0.580. The second kappa shape index (κ2) is 6.29. The highest BCUT2D eigenvalue weighted by atomic mass is 15.5. The minimum absolute atomic E-state index is 0.580. The third-order valence-electron chi connectivity index (χ3n) is 3.28. The predicted octanol–water partition coefficient (Wildman–Crippen LogP) is 0.979. The van der Waals surface area contributed by atoms with Crippen LogP contribution in [0.4, 0.5) is 5.69 Å². The summed E-state index contributed by atoms with van der Waals surface area (Å²) in [6.45, 7) is 5.52. The Balaban J connectivity index is 1.71. The molecular weight excluding hydrogens is 282 g/mol. The van der Waals surface area contributed by atoms with Crippen molar-refractivity contribution in [1.29, 1.82) is 0 Å². The summed E-state index contributed by atoms with van der Waals surface area (Å²) in [5, 5.41) is 26.3. The predicted molar refractivity (Wildman–Crippen MR) is 79.3 cm³/mol. The van der Waals surface area contributed by atoms with Crippen molar-refractivity contribution in [3.8, 4) is 5.69 Å². The first kappa shape index (κ1) is 14.1. The lowest BCUT2D eigenvalue weighted by Gasteiger charge is -2.10. The van der Waals surface area contributed by atoms with E-state index in [1.54, 1.807) is 11.0 Å². The number of aromatic nitrogens is 8. The summed E-state index contributed by atoms with van der Waals surface area (Å²) in [7, 11) is 0. The highest BCUT2D eigenvalue weighted by Crippen LogP contribution is 2.18. The van der Waals surface area contributed by atoms with E-state index >= 15 is 0 Å². The zero-order valence-corrected chi connectivity index (χ0v) is 12.5. The fourth-order valence-corrected chi connectivity index (χ4v) is 2.21. The van der Waals surface area contributed by atoms with E-state index in [4.69, 9.17) is 0 Å². The summed E-state index contributed by atoms with van der Waals surface area (Å²) in [4.78, 5) is 0. The van der Waals surface area contributed by atoms with Crippen molar-refractivity contribution >= 4 is 5.69 Å². The average Bonchev–Trinajstić information content (AvgIpc) is 3.17. The van der Waals surface area contributed by atoms with Crippen molar-refractivity contribution in [3.63, 3.8) is 0 Å². The molecule has 0 aliphatic heterocycles. The Hall–Kier alpha value is -2.84. The van der Waals surface area contributed by atoms with Crippen molar-refractivity contribution in [2.75, 3.05) is 5.32 Å². The van der Waals surface area contributed by atoms with Crippen LogP contribution in [0.1, 0.15) is 24.7 Å². The number of aryl methyl sites for hydroxylation is 2. The maximum atomic E-state index is 4.04. The van der Waals surface area contributed by atoms with Gasteiger partial charge in [0, 0.05) is 12.2 Å². The molecule has 2 aromatic heterocycles. The van der Waals surface area contributed by atoms with Gasteiger partial charge >= 0.3 is 0 Å². The fraction of sp³-hybridized carbons (Fsp3) is 0.385. The van der Waals surface area contributed by atoms with E-state index in [1.807, 2.05) is 29.8 Å². The van der Waals surface area contributed by atoms with Crippen LogP contribution in [0.5, 0.6) is 0 Å². The van der Waals surface area contributed by atoms with Crippen LogP contribution < -0.4 is 5.32 Å². The zero-order valence-electron chi connectivity index (χ0n) is 12.5. The Morgan fingerprint density at radius 2 is 2.09 bits per heavy atom. The van der Waals surface area contributed by atoms with Crippen molar-refractivity contribution in [1.82, 2.24) is 40.4 Å². The molecule has 0 atom stereocenters. The molecule has 0 fully saturated rings. The highest BCUT2D eigenvalue weighted by Gasteiger charge is 2.07. The van der Waals surface area contributed by atoms with Crippen molar-refractivity contribution < 1.29 is 0 Å². The summed E-state index contributed by atoms with van der Waals surface area (Å²) >= 11 is 0. The standard InChI is InChI=1S/C13H17N9/c1-3-6-21-13(16-18-20-21)8-14-11-4-5-12(10(2)7-11)22-9-15-17-19-22/h4-5,7,9,14H,3,6,8H2,1-2H3. The number of hydrogen-bond donors (Lipinski definition) is 1. The van der Waals surface area contributed by atoms with E-state index in [0.29, 0.717) is 6.54 Å². The van der Waals surface area contributed by atoms with Crippen LogP contribution in [0.2, 0.25) is 0 Å². The van der Waals surface area contributed by atoms with Crippen molar-refractivity contribution in [2.24, 2.45) is 0 Å². The van der Waals surface area contributed by atoms with Gasteiger partial charge in [-0.3, -0.25) is 0 Å². The molecule has 0 unspecified atom stereocenters. The van der Waals surface area contributed by atoms with Gasteiger partial charge in [0.25, 0.3) is 0 Å². The molecule has 2 heterocycles. The molecule has 9 heteroatoms. The lowest BCUT2D eigenvalue weighted by atomic mass is 10.2. The summed E-state index contributed by atoms with van der Waals surface area (Å²) in [5.41, 5.74) is 3.03. The topological polar surface area (TPSA) is 99.2 Å². The minimum Gasteiger partial charge on any atom is -0.378 e. The molecule has 0 aliphatic carbocycles. The van der Waals surface area contributed by atoms with Crippen LogP contribution in [0.25, 0.3) is 5.69 Å². The molecule has 22 heavy (non-hydrogen) atoms. The van der Waals surface area contributed by atoms with E-state index in [-0.39, 0.29) is 0 Å². The first-order valence-electron chi connectivity index (χ1n) is 7.11. The quantitative estimate of drug-likeness (QED) is 0.724. The SMILES string of the molecule is CCCn1nnnc1CNc1ccc(-n2cnnn2)c(C)c1. The second-order valence-electron chi connectivity index (χ2n) is 4.93. The Morgan fingerprint density at radius 3 is 2.82 bits per heavy atom. The Bertz CT molecular complexity index is 732. The van der Waals surface area contributed by atoms with E-state index in [9.17, 15) is 0 Å². The van der Waals surface area contributed by atoms with Gasteiger partial charge in [-0.1, -0.05) is 6.92 Å². The molecule has 0 amide bonds. The van der Waals surface area contributed by atoms with Crippen LogP contribution in [0.15, 0.2) is 24.5 Å². The first-order chi connectivity index (χ1) is 10.8. The average molecular weight is 299 g/mol. The number of hydrogen-bond acceptors (Lipinski definition) is 7. The lowest BCUT2D eigenvalue weighted by Crippen LogP contribution is -2.10. The smallest absolute Gasteiger partial charge is 0.170 e. The Kier molecular flexibility index (Phi) is 4.03. The molecule has 114 valence electrons. The maximum Gasteiger partial charge on any atom is 0.170 e. The fourth-order valence-electron chi connectivity index (χ4n) is 2.21. The van der Waals surface area contributed by atoms with Crippen LogP contribution in [0, 0.1) is 6.92 Å². The van der Waals surface area contributed by atoms with Gasteiger partial charge in [0.05, 0.1) is 12.2 Å². The molecular formula is C13H17N9. The van der Waals surface area contributed by atoms with E-state index in [0.717, 1.165) is 35.7 Å². The van der Waals surface area contributed by atoms with Crippen LogP contribution in [-0.4, -0.2) is 40.4 Å².